The Morgan fingerprint density at radius 3 is 1.52 bits per heavy atom. The first-order valence-corrected chi connectivity index (χ1v) is 11.0. The molecule has 1 aromatic heterocycles. The SMILES string of the molecule is CC(C)[C@H]1n2c(=O)c3ccccc3c(=O)n2[C@H](C(C)C)P1c1ccccc1. The normalized spacial score (nSPS) is 19.9. The lowest BCUT2D eigenvalue weighted by Crippen LogP contribution is -2.38. The van der Waals surface area contributed by atoms with Crippen molar-refractivity contribution in [3.8, 4) is 0 Å². The van der Waals surface area contributed by atoms with Crippen molar-refractivity contribution in [2.45, 2.75) is 39.3 Å². The van der Waals surface area contributed by atoms with Crippen molar-refractivity contribution in [3.63, 3.8) is 0 Å². The minimum absolute atomic E-state index is 0.0135. The molecule has 1 aliphatic heterocycles. The average molecular weight is 380 g/mol. The second-order valence-electron chi connectivity index (χ2n) is 7.90. The summed E-state index contributed by atoms with van der Waals surface area (Å²) in [5.74, 6) is 0.536. The van der Waals surface area contributed by atoms with E-state index in [1.165, 1.54) is 5.30 Å². The third-order valence-electron chi connectivity index (χ3n) is 5.35. The third kappa shape index (κ3) is 2.70. The fourth-order valence-electron chi connectivity index (χ4n) is 4.30. The van der Waals surface area contributed by atoms with Gasteiger partial charge in [0.1, 0.15) is 0 Å². The van der Waals surface area contributed by atoms with Crippen LogP contribution in [0.3, 0.4) is 0 Å². The highest BCUT2D eigenvalue weighted by Gasteiger charge is 2.45. The Kier molecular flexibility index (Phi) is 4.55. The van der Waals surface area contributed by atoms with Crippen LogP contribution in [0.15, 0.2) is 64.2 Å². The van der Waals surface area contributed by atoms with Crippen LogP contribution in [0.4, 0.5) is 0 Å². The molecule has 0 saturated heterocycles. The maximum atomic E-state index is 13.4. The van der Waals surface area contributed by atoms with Crippen molar-refractivity contribution in [3.05, 3.63) is 75.3 Å². The highest BCUT2D eigenvalue weighted by atomic mass is 31.1. The van der Waals surface area contributed by atoms with Gasteiger partial charge in [0.15, 0.2) is 0 Å². The van der Waals surface area contributed by atoms with Gasteiger partial charge < -0.3 is 0 Å². The van der Waals surface area contributed by atoms with Crippen LogP contribution >= 0.6 is 7.92 Å². The van der Waals surface area contributed by atoms with Gasteiger partial charge in [-0.3, -0.25) is 9.59 Å². The van der Waals surface area contributed by atoms with Crippen molar-refractivity contribution in [1.29, 1.82) is 0 Å². The van der Waals surface area contributed by atoms with Crippen molar-refractivity contribution >= 4 is 24.0 Å². The minimum atomic E-state index is -0.742. The number of fused-ring (bicyclic) bond motifs is 2. The number of hydrogen-bond donors (Lipinski definition) is 0. The number of benzene rings is 2. The molecule has 0 saturated carbocycles. The van der Waals surface area contributed by atoms with Gasteiger partial charge in [-0.05, 0) is 37.2 Å². The number of hydrogen-bond acceptors (Lipinski definition) is 2. The van der Waals surface area contributed by atoms with E-state index >= 15 is 0 Å². The van der Waals surface area contributed by atoms with Crippen LogP contribution in [0.25, 0.3) is 10.8 Å². The molecular formula is C22H25N2O2P. The highest BCUT2D eigenvalue weighted by Crippen LogP contribution is 2.65. The van der Waals surface area contributed by atoms with Gasteiger partial charge >= 0.3 is 0 Å². The van der Waals surface area contributed by atoms with E-state index in [4.69, 9.17) is 0 Å². The summed E-state index contributed by atoms with van der Waals surface area (Å²) in [4.78, 5) is 26.9. The van der Waals surface area contributed by atoms with E-state index < -0.39 is 7.92 Å². The molecule has 2 heterocycles. The van der Waals surface area contributed by atoms with E-state index in [9.17, 15) is 9.59 Å². The molecule has 27 heavy (non-hydrogen) atoms. The summed E-state index contributed by atoms with van der Waals surface area (Å²) in [6, 6.07) is 17.6. The summed E-state index contributed by atoms with van der Waals surface area (Å²) < 4.78 is 3.58. The summed E-state index contributed by atoms with van der Waals surface area (Å²) in [7, 11) is -0.742. The Morgan fingerprint density at radius 1 is 0.704 bits per heavy atom. The van der Waals surface area contributed by atoms with Crippen LogP contribution in [0.2, 0.25) is 0 Å². The molecule has 3 aromatic rings. The standard InChI is InChI=1S/C22H25N2O2P/c1-14(2)21-23-19(25)17-12-8-9-13-18(17)20(26)24(23)22(15(3)4)27(21)16-10-6-5-7-11-16/h5-15,21-22H,1-4H3/t21-,22-/m0/s1. The van der Waals surface area contributed by atoms with Crippen LogP contribution < -0.4 is 16.4 Å². The van der Waals surface area contributed by atoms with Crippen LogP contribution in [0, 0.1) is 11.8 Å². The Bertz CT molecular complexity index is 1030. The van der Waals surface area contributed by atoms with Gasteiger partial charge in [0.2, 0.25) is 0 Å². The van der Waals surface area contributed by atoms with E-state index in [0.29, 0.717) is 10.8 Å². The number of nitrogens with zero attached hydrogens (tertiary/aromatic N) is 2. The van der Waals surface area contributed by atoms with Gasteiger partial charge in [-0.15, -0.1) is 0 Å². The zero-order valence-corrected chi connectivity index (χ0v) is 17.1. The summed E-state index contributed by atoms with van der Waals surface area (Å²) in [6.45, 7) is 8.62. The zero-order chi connectivity index (χ0) is 19.3. The minimum Gasteiger partial charge on any atom is -0.267 e. The molecular weight excluding hydrogens is 355 g/mol. The molecule has 140 valence electrons. The molecule has 0 amide bonds. The van der Waals surface area contributed by atoms with Crippen molar-refractivity contribution < 1.29 is 0 Å². The molecule has 0 unspecified atom stereocenters. The molecule has 0 fully saturated rings. The summed E-state index contributed by atoms with van der Waals surface area (Å²) in [6.07, 6.45) is 0. The number of aromatic nitrogens is 2. The van der Waals surface area contributed by atoms with Gasteiger partial charge in [0.05, 0.1) is 22.3 Å². The molecule has 0 radical (unpaired) electrons. The summed E-state index contributed by atoms with van der Waals surface area (Å²) in [5, 5.41) is 2.30. The molecule has 2 aromatic carbocycles. The van der Waals surface area contributed by atoms with Crippen molar-refractivity contribution in [2.75, 3.05) is 0 Å². The van der Waals surface area contributed by atoms with Crippen LogP contribution in [0.1, 0.15) is 39.3 Å². The van der Waals surface area contributed by atoms with Gasteiger partial charge in [0, 0.05) is 0 Å². The average Bonchev–Trinajstić information content (AvgIpc) is 3.04. The largest absolute Gasteiger partial charge is 0.273 e. The lowest BCUT2D eigenvalue weighted by atomic mass is 10.1. The predicted octanol–water partition coefficient (Wildman–Crippen LogP) is 4.29. The molecule has 0 aliphatic carbocycles. The fraction of sp³-hybridized carbons (Fsp3) is 0.364. The highest BCUT2D eigenvalue weighted by molar-refractivity contribution is 7.66. The van der Waals surface area contributed by atoms with E-state index in [1.54, 1.807) is 21.5 Å². The molecule has 1 aliphatic rings. The Balaban J connectivity index is 2.12. The van der Waals surface area contributed by atoms with E-state index in [0.717, 1.165) is 0 Å². The Morgan fingerprint density at radius 2 is 1.11 bits per heavy atom. The fourth-order valence-corrected chi connectivity index (χ4v) is 7.93. The summed E-state index contributed by atoms with van der Waals surface area (Å²) in [5.41, 5.74) is -0.0917. The molecule has 2 atom stereocenters. The van der Waals surface area contributed by atoms with E-state index in [1.807, 2.05) is 18.2 Å². The monoisotopic (exact) mass is 380 g/mol. The summed E-state index contributed by atoms with van der Waals surface area (Å²) >= 11 is 0. The van der Waals surface area contributed by atoms with Gasteiger partial charge in [-0.2, -0.15) is 0 Å². The lowest BCUT2D eigenvalue weighted by molar-refractivity contribution is 0.361. The third-order valence-corrected chi connectivity index (χ3v) is 9.02. The topological polar surface area (TPSA) is 44.0 Å². The maximum absolute atomic E-state index is 13.4. The molecule has 0 N–H and O–H groups in total. The first-order chi connectivity index (χ1) is 12.9. The van der Waals surface area contributed by atoms with E-state index in [-0.39, 0.29) is 34.5 Å². The number of rotatable bonds is 3. The van der Waals surface area contributed by atoms with Gasteiger partial charge in [-0.1, -0.05) is 70.2 Å². The zero-order valence-electron chi connectivity index (χ0n) is 16.2. The molecule has 4 rings (SSSR count). The smallest absolute Gasteiger partial charge is 0.267 e. The van der Waals surface area contributed by atoms with Gasteiger partial charge in [-0.25, -0.2) is 9.36 Å². The van der Waals surface area contributed by atoms with Crippen molar-refractivity contribution in [1.82, 2.24) is 9.36 Å². The molecule has 4 nitrogen and oxygen atoms in total. The Hall–Kier alpha value is -2.19. The first-order valence-electron chi connectivity index (χ1n) is 9.53. The second kappa shape index (κ2) is 6.76. The van der Waals surface area contributed by atoms with Crippen LogP contribution in [0.5, 0.6) is 0 Å². The van der Waals surface area contributed by atoms with Crippen molar-refractivity contribution in [2.24, 2.45) is 11.8 Å². The first kappa shape index (κ1) is 18.2. The second-order valence-corrected chi connectivity index (χ2v) is 10.3. The van der Waals surface area contributed by atoms with Crippen LogP contribution in [-0.4, -0.2) is 9.36 Å². The lowest BCUT2D eigenvalue weighted by Gasteiger charge is -2.28. The Labute approximate surface area is 160 Å². The van der Waals surface area contributed by atoms with Gasteiger partial charge in [0.25, 0.3) is 11.1 Å². The molecule has 5 heteroatoms. The molecule has 0 spiro atoms. The quantitative estimate of drug-likeness (QED) is 0.636. The maximum Gasteiger partial charge on any atom is 0.273 e. The van der Waals surface area contributed by atoms with Crippen LogP contribution in [-0.2, 0) is 0 Å². The predicted molar refractivity (Wildman–Crippen MR) is 113 cm³/mol. The molecule has 0 bridgehead atoms. The van der Waals surface area contributed by atoms with E-state index in [2.05, 4.69) is 52.0 Å².